The largest absolute Gasteiger partial charge is 0.573 e. The molecular weight excluding hydrogens is 267 g/mol. The molecule has 5 N–H and O–H groups in total. The Kier molecular flexibility index (Phi) is 4.98. The summed E-state index contributed by atoms with van der Waals surface area (Å²) in [7, 11) is 0. The Morgan fingerprint density at radius 1 is 1.26 bits per heavy atom. The number of anilines is 1. The van der Waals surface area contributed by atoms with Crippen molar-refractivity contribution >= 4 is 5.69 Å². The molecule has 19 heavy (non-hydrogen) atoms. The maximum atomic E-state index is 12.0. The smallest absolute Gasteiger partial charge is 0.404 e. The number of aliphatic hydroxyl groups excluding tert-OH is 3. The number of hydrogen-bond donors (Lipinski definition) is 4. The summed E-state index contributed by atoms with van der Waals surface area (Å²) in [5.74, 6) is -0.583. The van der Waals surface area contributed by atoms with Crippen molar-refractivity contribution in [3.8, 4) is 5.75 Å². The van der Waals surface area contributed by atoms with Crippen LogP contribution in [0, 0.1) is 0 Å². The van der Waals surface area contributed by atoms with E-state index in [0.29, 0.717) is 0 Å². The van der Waals surface area contributed by atoms with Crippen LogP contribution in [-0.4, -0.2) is 34.4 Å². The summed E-state index contributed by atoms with van der Waals surface area (Å²) in [5.41, 5.74) is 5.19. The van der Waals surface area contributed by atoms with Gasteiger partial charge in [-0.25, -0.2) is 0 Å². The topological polar surface area (TPSA) is 95.9 Å². The molecule has 0 aliphatic carbocycles. The first-order valence-corrected chi connectivity index (χ1v) is 5.36. The lowest BCUT2D eigenvalue weighted by Gasteiger charge is -2.18. The highest BCUT2D eigenvalue weighted by Crippen LogP contribution is 2.31. The second-order valence-corrected chi connectivity index (χ2v) is 3.87. The number of ether oxygens (including phenoxy) is 1. The third kappa shape index (κ3) is 4.58. The number of halogens is 3. The minimum absolute atomic E-state index is 0.0676. The minimum atomic E-state index is -4.86. The van der Waals surface area contributed by atoms with E-state index in [1.807, 2.05) is 0 Å². The second-order valence-electron chi connectivity index (χ2n) is 3.87. The van der Waals surface area contributed by atoms with Crippen molar-refractivity contribution in [2.45, 2.75) is 25.0 Å². The normalized spacial score (nSPS) is 15.1. The van der Waals surface area contributed by atoms with Crippen LogP contribution in [0.5, 0.6) is 5.75 Å². The lowest BCUT2D eigenvalue weighted by atomic mass is 10.0. The molecule has 108 valence electrons. The number of alkyl halides is 3. The fourth-order valence-electron chi connectivity index (χ4n) is 1.48. The van der Waals surface area contributed by atoms with Crippen LogP contribution >= 0.6 is 0 Å². The van der Waals surface area contributed by atoms with Crippen LogP contribution in [0.3, 0.4) is 0 Å². The average Bonchev–Trinajstić information content (AvgIpc) is 2.29. The van der Waals surface area contributed by atoms with Crippen molar-refractivity contribution in [3.63, 3.8) is 0 Å². The molecule has 0 fully saturated rings. The van der Waals surface area contributed by atoms with E-state index < -0.39 is 24.3 Å². The lowest BCUT2D eigenvalue weighted by Crippen LogP contribution is -2.20. The summed E-state index contributed by atoms with van der Waals surface area (Å²) in [5, 5.41) is 27.8. The monoisotopic (exact) mass is 281 g/mol. The number of rotatable bonds is 5. The highest BCUT2D eigenvalue weighted by Gasteiger charge is 2.32. The van der Waals surface area contributed by atoms with Crippen LogP contribution in [0.25, 0.3) is 0 Å². The number of aliphatic hydroxyl groups is 3. The molecule has 5 nitrogen and oxygen atoms in total. The van der Waals surface area contributed by atoms with Crippen LogP contribution in [-0.2, 0) is 0 Å². The van der Waals surface area contributed by atoms with Gasteiger partial charge >= 0.3 is 6.36 Å². The number of nitrogens with two attached hydrogens (primary N) is 1. The Morgan fingerprint density at radius 3 is 2.37 bits per heavy atom. The zero-order valence-electron chi connectivity index (χ0n) is 9.76. The Balaban J connectivity index is 2.87. The fourth-order valence-corrected chi connectivity index (χ4v) is 1.48. The SMILES string of the molecule is Nc1cc(C(O)C(O)CCO)ccc1OC(F)(F)F. The molecule has 0 radical (unpaired) electrons. The molecule has 2 unspecified atom stereocenters. The maximum Gasteiger partial charge on any atom is 0.573 e. The molecule has 0 amide bonds. The van der Waals surface area contributed by atoms with E-state index in [1.165, 1.54) is 0 Å². The third-order valence-electron chi connectivity index (χ3n) is 2.39. The van der Waals surface area contributed by atoms with Gasteiger partial charge in [-0.3, -0.25) is 0 Å². The molecule has 2 atom stereocenters. The Morgan fingerprint density at radius 2 is 1.89 bits per heavy atom. The van der Waals surface area contributed by atoms with Crippen LogP contribution < -0.4 is 10.5 Å². The van der Waals surface area contributed by atoms with Crippen LogP contribution in [0.15, 0.2) is 18.2 Å². The molecule has 0 aliphatic heterocycles. The van der Waals surface area contributed by atoms with E-state index in [9.17, 15) is 23.4 Å². The molecule has 0 saturated heterocycles. The van der Waals surface area contributed by atoms with Crippen molar-refractivity contribution in [3.05, 3.63) is 23.8 Å². The van der Waals surface area contributed by atoms with Gasteiger partial charge in [-0.2, -0.15) is 0 Å². The molecule has 1 rings (SSSR count). The fraction of sp³-hybridized carbons (Fsp3) is 0.455. The van der Waals surface area contributed by atoms with Gasteiger partial charge in [-0.05, 0) is 24.1 Å². The third-order valence-corrected chi connectivity index (χ3v) is 2.39. The summed E-state index contributed by atoms with van der Waals surface area (Å²) >= 11 is 0. The first-order valence-electron chi connectivity index (χ1n) is 5.36. The molecular formula is C11H14F3NO4. The molecule has 0 aromatic heterocycles. The highest BCUT2D eigenvalue weighted by atomic mass is 19.4. The van der Waals surface area contributed by atoms with Gasteiger partial charge in [0.05, 0.1) is 11.8 Å². The van der Waals surface area contributed by atoms with Crippen LogP contribution in [0.1, 0.15) is 18.1 Å². The molecule has 0 aliphatic rings. The summed E-state index contributed by atoms with van der Waals surface area (Å²) in [6.45, 7) is -0.330. The van der Waals surface area contributed by atoms with Gasteiger partial charge in [-0.15, -0.1) is 13.2 Å². The van der Waals surface area contributed by atoms with E-state index in [1.54, 1.807) is 0 Å². The zero-order valence-corrected chi connectivity index (χ0v) is 9.76. The molecule has 8 heteroatoms. The van der Waals surface area contributed by atoms with Crippen molar-refractivity contribution in [2.75, 3.05) is 12.3 Å². The van der Waals surface area contributed by atoms with Gasteiger partial charge in [0.2, 0.25) is 0 Å². The summed E-state index contributed by atoms with van der Waals surface area (Å²) in [4.78, 5) is 0. The van der Waals surface area contributed by atoms with Gasteiger partial charge in [-0.1, -0.05) is 6.07 Å². The van der Waals surface area contributed by atoms with E-state index in [2.05, 4.69) is 4.74 Å². The maximum absolute atomic E-state index is 12.0. The Labute approximate surface area is 107 Å². The van der Waals surface area contributed by atoms with Gasteiger partial charge in [0.15, 0.2) is 5.75 Å². The number of benzene rings is 1. The summed E-state index contributed by atoms with van der Waals surface area (Å²) in [6.07, 6.45) is -7.51. The van der Waals surface area contributed by atoms with Crippen molar-refractivity contribution in [1.29, 1.82) is 0 Å². The summed E-state index contributed by atoms with van der Waals surface area (Å²) in [6, 6.07) is 3.18. The van der Waals surface area contributed by atoms with Gasteiger partial charge < -0.3 is 25.8 Å². The van der Waals surface area contributed by atoms with E-state index in [4.69, 9.17) is 10.8 Å². The van der Waals surface area contributed by atoms with Crippen LogP contribution in [0.4, 0.5) is 18.9 Å². The molecule has 0 heterocycles. The molecule has 0 bridgehead atoms. The van der Waals surface area contributed by atoms with Gasteiger partial charge in [0, 0.05) is 6.61 Å². The molecule has 1 aromatic carbocycles. The predicted molar refractivity (Wildman–Crippen MR) is 60.2 cm³/mol. The van der Waals surface area contributed by atoms with Gasteiger partial charge in [0.1, 0.15) is 6.10 Å². The first kappa shape index (κ1) is 15.5. The quantitative estimate of drug-likeness (QED) is 0.602. The van der Waals surface area contributed by atoms with Crippen molar-refractivity contribution in [1.82, 2.24) is 0 Å². The number of hydrogen-bond acceptors (Lipinski definition) is 5. The highest BCUT2D eigenvalue weighted by molar-refractivity contribution is 5.54. The Bertz CT molecular complexity index is 425. The van der Waals surface area contributed by atoms with E-state index in [0.717, 1.165) is 18.2 Å². The molecule has 0 saturated carbocycles. The van der Waals surface area contributed by atoms with E-state index >= 15 is 0 Å². The van der Waals surface area contributed by atoms with Crippen LogP contribution in [0.2, 0.25) is 0 Å². The second kappa shape index (κ2) is 6.09. The average molecular weight is 281 g/mol. The predicted octanol–water partition coefficient (Wildman–Crippen LogP) is 0.944. The van der Waals surface area contributed by atoms with Gasteiger partial charge in [0.25, 0.3) is 0 Å². The minimum Gasteiger partial charge on any atom is -0.404 e. The molecule has 0 spiro atoms. The lowest BCUT2D eigenvalue weighted by molar-refractivity contribution is -0.274. The molecule has 1 aromatic rings. The van der Waals surface area contributed by atoms with Crippen molar-refractivity contribution < 1.29 is 33.2 Å². The summed E-state index contributed by atoms with van der Waals surface area (Å²) < 4.78 is 39.7. The zero-order chi connectivity index (χ0) is 14.6. The standard InChI is InChI=1S/C11H14F3NO4/c12-11(13,14)19-9-2-1-6(5-7(9)15)10(18)8(17)3-4-16/h1-2,5,8,10,16-18H,3-4,15H2. The number of nitrogen functional groups attached to an aromatic ring is 1. The van der Waals surface area contributed by atoms with Crippen molar-refractivity contribution in [2.24, 2.45) is 0 Å². The van der Waals surface area contributed by atoms with E-state index in [-0.39, 0.29) is 24.3 Å². The first-order chi connectivity index (χ1) is 8.74. The Hall–Kier alpha value is -1.51.